The first-order chi connectivity index (χ1) is 15.1. The van der Waals surface area contributed by atoms with Gasteiger partial charge in [-0.1, -0.05) is 47.7 Å². The Kier molecular flexibility index (Phi) is 4.88. The molecule has 6 nitrogen and oxygen atoms in total. The highest BCUT2D eigenvalue weighted by Gasteiger charge is 2.14. The Morgan fingerprint density at radius 2 is 1.68 bits per heavy atom. The van der Waals surface area contributed by atoms with Crippen molar-refractivity contribution in [2.45, 2.75) is 17.8 Å². The molecular weight excluding hydrogens is 408 g/mol. The van der Waals surface area contributed by atoms with E-state index < -0.39 is 0 Å². The van der Waals surface area contributed by atoms with Gasteiger partial charge in [0.15, 0.2) is 5.16 Å². The number of pyridine rings is 1. The number of rotatable bonds is 4. The van der Waals surface area contributed by atoms with Crippen LogP contribution in [0, 0.1) is 6.92 Å². The maximum Gasteiger partial charge on any atom is 0.266 e. The Morgan fingerprint density at radius 3 is 2.52 bits per heavy atom. The van der Waals surface area contributed by atoms with Crippen molar-refractivity contribution in [3.05, 3.63) is 111 Å². The van der Waals surface area contributed by atoms with Crippen LogP contribution in [0.3, 0.4) is 0 Å². The van der Waals surface area contributed by atoms with Crippen molar-refractivity contribution in [3.63, 3.8) is 0 Å². The van der Waals surface area contributed by atoms with E-state index >= 15 is 0 Å². The summed E-state index contributed by atoms with van der Waals surface area (Å²) >= 11 is 1.39. The maximum absolute atomic E-state index is 13.3. The van der Waals surface area contributed by atoms with Gasteiger partial charge in [-0.15, -0.1) is 0 Å². The van der Waals surface area contributed by atoms with Gasteiger partial charge in [-0.05, 0) is 43.3 Å². The zero-order chi connectivity index (χ0) is 21.4. The van der Waals surface area contributed by atoms with Gasteiger partial charge in [-0.3, -0.25) is 18.6 Å². The molecule has 3 heterocycles. The fourth-order valence-electron chi connectivity index (χ4n) is 3.45. The van der Waals surface area contributed by atoms with Crippen molar-refractivity contribution in [1.29, 1.82) is 0 Å². The normalized spacial score (nSPS) is 11.3. The molecule has 0 bridgehead atoms. The van der Waals surface area contributed by atoms with E-state index in [1.807, 2.05) is 55.5 Å². The third-order valence-electron chi connectivity index (χ3n) is 5.01. The molecule has 2 aromatic carbocycles. The van der Waals surface area contributed by atoms with Crippen molar-refractivity contribution >= 4 is 28.3 Å². The second-order valence-corrected chi connectivity index (χ2v) is 8.13. The zero-order valence-corrected chi connectivity index (χ0v) is 17.5. The van der Waals surface area contributed by atoms with Crippen molar-refractivity contribution in [1.82, 2.24) is 18.9 Å². The third kappa shape index (κ3) is 3.64. The summed E-state index contributed by atoms with van der Waals surface area (Å²) in [5.74, 6) is 0.414. The summed E-state index contributed by atoms with van der Waals surface area (Å²) in [6, 6.07) is 22.1. The molecule has 0 aliphatic heterocycles. The van der Waals surface area contributed by atoms with E-state index in [9.17, 15) is 9.59 Å². The molecule has 0 N–H and O–H groups in total. The molecule has 3 aromatic heterocycles. The van der Waals surface area contributed by atoms with Crippen molar-refractivity contribution in [2.75, 3.05) is 0 Å². The van der Waals surface area contributed by atoms with E-state index in [-0.39, 0.29) is 11.1 Å². The smallest absolute Gasteiger partial charge is 0.266 e. The van der Waals surface area contributed by atoms with Crippen LogP contribution in [0.5, 0.6) is 0 Å². The first kappa shape index (κ1) is 19.3. The molecule has 0 unspecified atom stereocenters. The molecule has 0 saturated carbocycles. The van der Waals surface area contributed by atoms with E-state index in [1.165, 1.54) is 22.2 Å². The molecule has 0 aliphatic carbocycles. The quantitative estimate of drug-likeness (QED) is 0.321. The van der Waals surface area contributed by atoms with Crippen LogP contribution in [-0.4, -0.2) is 18.9 Å². The zero-order valence-electron chi connectivity index (χ0n) is 16.7. The minimum atomic E-state index is -0.136. The van der Waals surface area contributed by atoms with Gasteiger partial charge in [0, 0.05) is 18.0 Å². The van der Waals surface area contributed by atoms with Crippen LogP contribution in [0.2, 0.25) is 0 Å². The summed E-state index contributed by atoms with van der Waals surface area (Å²) in [5, 5.41) is 1.12. The van der Waals surface area contributed by atoms with Gasteiger partial charge in [-0.25, -0.2) is 9.97 Å². The summed E-state index contributed by atoms with van der Waals surface area (Å²) in [7, 11) is 0. The lowest BCUT2D eigenvalue weighted by Gasteiger charge is -2.13. The first-order valence-electron chi connectivity index (χ1n) is 9.79. The molecular formula is C24H18N4O2S. The lowest BCUT2D eigenvalue weighted by molar-refractivity contribution is 0.818. The molecule has 5 aromatic rings. The highest BCUT2D eigenvalue weighted by Crippen LogP contribution is 2.24. The first-order valence-corrected chi connectivity index (χ1v) is 10.8. The maximum atomic E-state index is 13.3. The molecule has 0 amide bonds. The van der Waals surface area contributed by atoms with Gasteiger partial charge < -0.3 is 0 Å². The van der Waals surface area contributed by atoms with Crippen LogP contribution in [0.4, 0.5) is 0 Å². The molecule has 5 rings (SSSR count). The van der Waals surface area contributed by atoms with Gasteiger partial charge in [0.05, 0.1) is 22.3 Å². The average molecular weight is 427 g/mol. The van der Waals surface area contributed by atoms with Gasteiger partial charge in [0.2, 0.25) is 0 Å². The molecule has 0 spiro atoms. The average Bonchev–Trinajstić information content (AvgIpc) is 2.79. The van der Waals surface area contributed by atoms with E-state index in [2.05, 4.69) is 4.98 Å². The number of benzene rings is 2. The minimum absolute atomic E-state index is 0.122. The minimum Gasteiger partial charge on any atom is -0.269 e. The topological polar surface area (TPSA) is 69.3 Å². The number of fused-ring (bicyclic) bond motifs is 2. The fourth-order valence-corrected chi connectivity index (χ4v) is 4.35. The van der Waals surface area contributed by atoms with Crippen LogP contribution in [-0.2, 0) is 5.75 Å². The molecule has 0 atom stereocenters. The summed E-state index contributed by atoms with van der Waals surface area (Å²) in [4.78, 5) is 35.0. The fraction of sp³-hybridized carbons (Fsp3) is 0.0833. The lowest BCUT2D eigenvalue weighted by atomic mass is 10.2. The van der Waals surface area contributed by atoms with Crippen LogP contribution in [0.15, 0.2) is 93.7 Å². The second kappa shape index (κ2) is 7.85. The number of nitrogens with zero attached hydrogens (tertiary/aromatic N) is 4. The standard InChI is InChI=1S/C24H18N4O2S/c1-16-9-11-18(12-10-16)28-23(30)19-6-2-3-7-20(19)26-24(28)31-15-17-14-22(29)27-13-5-4-8-21(27)25-17/h2-14H,15H2,1H3. The van der Waals surface area contributed by atoms with Gasteiger partial charge in [-0.2, -0.15) is 0 Å². The SMILES string of the molecule is Cc1ccc(-n2c(SCc3cc(=O)n4ccccc4n3)nc3ccccc3c2=O)cc1. The summed E-state index contributed by atoms with van der Waals surface area (Å²) < 4.78 is 3.13. The third-order valence-corrected chi connectivity index (χ3v) is 5.98. The Hall–Kier alpha value is -3.71. The van der Waals surface area contributed by atoms with E-state index in [0.717, 1.165) is 11.3 Å². The summed E-state index contributed by atoms with van der Waals surface area (Å²) in [5.41, 5.74) is 3.48. The Balaban J connectivity index is 1.60. The second-order valence-electron chi connectivity index (χ2n) is 7.19. The number of para-hydroxylation sites is 1. The number of aryl methyl sites for hydroxylation is 1. The van der Waals surface area contributed by atoms with E-state index in [4.69, 9.17) is 4.98 Å². The Bertz CT molecular complexity index is 1540. The van der Waals surface area contributed by atoms with Gasteiger partial charge >= 0.3 is 0 Å². The number of hydrogen-bond acceptors (Lipinski definition) is 5. The predicted molar refractivity (Wildman–Crippen MR) is 123 cm³/mol. The van der Waals surface area contributed by atoms with Crippen LogP contribution >= 0.6 is 11.8 Å². The summed E-state index contributed by atoms with van der Waals surface area (Å²) in [6.07, 6.45) is 1.70. The number of thioether (sulfide) groups is 1. The highest BCUT2D eigenvalue weighted by molar-refractivity contribution is 7.98. The van der Waals surface area contributed by atoms with Gasteiger partial charge in [0.1, 0.15) is 5.65 Å². The van der Waals surface area contributed by atoms with Crippen LogP contribution < -0.4 is 11.1 Å². The molecule has 31 heavy (non-hydrogen) atoms. The Labute approximate surface area is 181 Å². The van der Waals surface area contributed by atoms with Crippen molar-refractivity contribution in [2.24, 2.45) is 0 Å². The van der Waals surface area contributed by atoms with E-state index in [0.29, 0.717) is 33.2 Å². The Morgan fingerprint density at radius 1 is 0.903 bits per heavy atom. The molecule has 7 heteroatoms. The molecule has 0 aliphatic rings. The molecule has 0 saturated heterocycles. The molecule has 0 fully saturated rings. The summed E-state index contributed by atoms with van der Waals surface area (Å²) in [6.45, 7) is 2.00. The predicted octanol–water partition coefficient (Wildman–Crippen LogP) is 3.99. The highest BCUT2D eigenvalue weighted by atomic mass is 32.2. The molecule has 0 radical (unpaired) electrons. The molecule has 152 valence electrons. The number of hydrogen-bond donors (Lipinski definition) is 0. The van der Waals surface area contributed by atoms with E-state index in [1.54, 1.807) is 29.0 Å². The van der Waals surface area contributed by atoms with Crippen LogP contribution in [0.25, 0.3) is 22.2 Å². The lowest BCUT2D eigenvalue weighted by Crippen LogP contribution is -2.22. The largest absolute Gasteiger partial charge is 0.269 e. The van der Waals surface area contributed by atoms with Crippen LogP contribution in [0.1, 0.15) is 11.3 Å². The monoisotopic (exact) mass is 426 g/mol. The van der Waals surface area contributed by atoms with Crippen molar-refractivity contribution < 1.29 is 0 Å². The number of aromatic nitrogens is 4. The van der Waals surface area contributed by atoms with Crippen molar-refractivity contribution in [3.8, 4) is 5.69 Å². The van der Waals surface area contributed by atoms with Gasteiger partial charge in [0.25, 0.3) is 11.1 Å².